The van der Waals surface area contributed by atoms with E-state index in [0.29, 0.717) is 13.5 Å². The molecule has 0 heterocycles. The lowest BCUT2D eigenvalue weighted by Crippen LogP contribution is -1.95. The molecule has 0 fully saturated rings. The minimum atomic E-state index is -0.627. The van der Waals surface area contributed by atoms with Gasteiger partial charge in [0.25, 0.3) is 5.69 Å². The highest BCUT2D eigenvalue weighted by molar-refractivity contribution is 7.57. The Labute approximate surface area is 181 Å². The molecule has 0 spiro atoms. The van der Waals surface area contributed by atoms with Crippen molar-refractivity contribution in [1.82, 2.24) is 0 Å². The van der Waals surface area contributed by atoms with Gasteiger partial charge in [0.15, 0.2) is 0 Å². The maximum atomic E-state index is 10.6. The van der Waals surface area contributed by atoms with Gasteiger partial charge < -0.3 is 0 Å². The topological polar surface area (TPSA) is 90.7 Å². The summed E-state index contributed by atoms with van der Waals surface area (Å²) in [5, 5.41) is 27.6. The van der Waals surface area contributed by atoms with Gasteiger partial charge in [-0.05, 0) is 55.5 Å². The summed E-state index contributed by atoms with van der Waals surface area (Å²) in [6.07, 6.45) is 14.5. The molecule has 0 aromatic heterocycles. The second kappa shape index (κ2) is 17.0. The molecule has 1 rings (SSSR count). The lowest BCUT2D eigenvalue weighted by Gasteiger charge is -2.16. The molecule has 0 bridgehead atoms. The molecule has 0 N–H and O–H groups in total. The molecule has 0 amide bonds. The van der Waals surface area contributed by atoms with Crippen molar-refractivity contribution >= 4 is 31.3 Å². The second-order valence-electron chi connectivity index (χ2n) is 6.65. The Balaban J connectivity index is 0.000000555. The van der Waals surface area contributed by atoms with Crippen LogP contribution in [-0.2, 0) is 0 Å². The van der Waals surface area contributed by atoms with Crippen LogP contribution >= 0.6 is 19.5 Å². The second-order valence-corrected chi connectivity index (χ2v) is 9.74. The van der Waals surface area contributed by atoms with Crippen molar-refractivity contribution in [1.29, 1.82) is 10.5 Å². The van der Waals surface area contributed by atoms with E-state index in [2.05, 4.69) is 20.8 Å². The fourth-order valence-corrected chi connectivity index (χ4v) is 5.64. The van der Waals surface area contributed by atoms with E-state index in [1.807, 2.05) is 0 Å². The summed E-state index contributed by atoms with van der Waals surface area (Å²) in [6.45, 7) is 6.94. The molecule has 0 atom stereocenters. The average Bonchev–Trinajstić information content (AvgIpc) is 2.72. The van der Waals surface area contributed by atoms with Gasteiger partial charge in [0.1, 0.15) is 22.7 Å². The van der Waals surface area contributed by atoms with Gasteiger partial charge in [0.2, 0.25) is 0 Å². The summed E-state index contributed by atoms with van der Waals surface area (Å²) in [4.78, 5) is 9.94. The summed E-state index contributed by atoms with van der Waals surface area (Å²) in [5.74, 6) is 0. The molecule has 29 heavy (non-hydrogen) atoms. The summed E-state index contributed by atoms with van der Waals surface area (Å²) in [7, 11) is 0.422. The Hall–Kier alpha value is -1.94. The van der Waals surface area contributed by atoms with Crippen LogP contribution < -0.4 is 0 Å². The van der Waals surface area contributed by atoms with E-state index < -0.39 is 4.92 Å². The van der Waals surface area contributed by atoms with Gasteiger partial charge in [-0.25, -0.2) is 0 Å². The summed E-state index contributed by atoms with van der Waals surface area (Å²) in [5.41, 5.74) is -0.00327. The fraction of sp³-hybridized carbons (Fsp3) is 0.545. The molecular weight excluding hydrogens is 405 g/mol. The SMILES string of the molecule is CCCCP(CCCC)CCCC.N#CC(C#N)=Cc1ccc(Cl)c([N+](=O)[O-])c1. The number of nitro groups is 1. The molecular formula is C22H31ClN3O2P. The zero-order valence-corrected chi connectivity index (χ0v) is 19.3. The minimum Gasteiger partial charge on any atom is -0.258 e. The Bertz CT molecular complexity index is 704. The van der Waals surface area contributed by atoms with Gasteiger partial charge >= 0.3 is 0 Å². The number of halogens is 1. The predicted octanol–water partition coefficient (Wildman–Crippen LogP) is 7.55. The maximum absolute atomic E-state index is 10.6. The van der Waals surface area contributed by atoms with Crippen LogP contribution in [0.1, 0.15) is 64.9 Å². The number of allylic oxidation sites excluding steroid dienone is 1. The monoisotopic (exact) mass is 435 g/mol. The third-order valence-electron chi connectivity index (χ3n) is 4.20. The Kier molecular flexibility index (Phi) is 15.8. The van der Waals surface area contributed by atoms with Crippen molar-refractivity contribution in [3.63, 3.8) is 0 Å². The van der Waals surface area contributed by atoms with Gasteiger partial charge in [0, 0.05) is 6.07 Å². The smallest absolute Gasteiger partial charge is 0.258 e. The van der Waals surface area contributed by atoms with Crippen LogP contribution in [0.5, 0.6) is 0 Å². The number of nitriles is 2. The molecule has 0 aliphatic carbocycles. The largest absolute Gasteiger partial charge is 0.288 e. The molecule has 0 saturated heterocycles. The van der Waals surface area contributed by atoms with E-state index in [0.717, 1.165) is 0 Å². The number of nitrogens with zero attached hydrogens (tertiary/aromatic N) is 3. The van der Waals surface area contributed by atoms with Gasteiger partial charge in [-0.1, -0.05) is 57.7 Å². The van der Waals surface area contributed by atoms with Crippen LogP contribution in [-0.4, -0.2) is 23.4 Å². The predicted molar refractivity (Wildman–Crippen MR) is 124 cm³/mol. The molecule has 0 aliphatic rings. The standard InChI is InChI=1S/C12H27P.C10H4ClN3O2/c1-4-7-10-13(11-8-5-2)12-9-6-3;11-9-2-1-7(3-8(5-12)6-13)4-10(9)14(15)16/h4-12H2,1-3H3;1-4H. The van der Waals surface area contributed by atoms with Crippen molar-refractivity contribution in [3.05, 3.63) is 44.5 Å². The highest BCUT2D eigenvalue weighted by Gasteiger charge is 2.12. The number of hydrogen-bond donors (Lipinski definition) is 0. The molecule has 5 nitrogen and oxygen atoms in total. The first-order valence-corrected chi connectivity index (χ1v) is 12.4. The average molecular weight is 436 g/mol. The summed E-state index contributed by atoms with van der Waals surface area (Å²) >= 11 is 5.60. The molecule has 158 valence electrons. The fourth-order valence-electron chi connectivity index (χ4n) is 2.50. The summed E-state index contributed by atoms with van der Waals surface area (Å²) in [6, 6.07) is 7.36. The van der Waals surface area contributed by atoms with Gasteiger partial charge in [-0.3, -0.25) is 10.1 Å². The van der Waals surface area contributed by atoms with Gasteiger partial charge in [-0.2, -0.15) is 10.5 Å². The lowest BCUT2D eigenvalue weighted by molar-refractivity contribution is -0.384. The number of unbranched alkanes of at least 4 members (excludes halogenated alkanes) is 3. The molecule has 1 aromatic carbocycles. The van der Waals surface area contributed by atoms with E-state index in [-0.39, 0.29) is 16.3 Å². The zero-order chi connectivity index (χ0) is 22.1. The van der Waals surface area contributed by atoms with E-state index in [1.165, 1.54) is 62.8 Å². The normalized spacial score (nSPS) is 9.76. The first-order valence-electron chi connectivity index (χ1n) is 10.1. The molecule has 7 heteroatoms. The first kappa shape index (κ1) is 27.1. The number of rotatable bonds is 11. The van der Waals surface area contributed by atoms with Crippen molar-refractivity contribution in [2.45, 2.75) is 59.3 Å². The van der Waals surface area contributed by atoms with Crippen LogP contribution in [0.15, 0.2) is 23.8 Å². The molecule has 0 unspecified atom stereocenters. The lowest BCUT2D eigenvalue weighted by atomic mass is 10.1. The van der Waals surface area contributed by atoms with E-state index in [9.17, 15) is 10.1 Å². The maximum Gasteiger partial charge on any atom is 0.288 e. The molecule has 1 aromatic rings. The Morgan fingerprint density at radius 1 is 1.07 bits per heavy atom. The van der Waals surface area contributed by atoms with Crippen molar-refractivity contribution in [2.75, 3.05) is 18.5 Å². The highest BCUT2D eigenvalue weighted by atomic mass is 35.5. The van der Waals surface area contributed by atoms with Crippen LogP contribution in [0.2, 0.25) is 5.02 Å². The number of nitro benzene ring substituents is 1. The van der Waals surface area contributed by atoms with Crippen LogP contribution in [0.4, 0.5) is 5.69 Å². The number of benzene rings is 1. The van der Waals surface area contributed by atoms with Crippen LogP contribution in [0, 0.1) is 32.8 Å². The quantitative estimate of drug-likeness (QED) is 0.155. The van der Waals surface area contributed by atoms with Crippen molar-refractivity contribution in [3.8, 4) is 12.1 Å². The highest BCUT2D eigenvalue weighted by Crippen LogP contribution is 2.38. The Morgan fingerprint density at radius 2 is 1.55 bits per heavy atom. The third kappa shape index (κ3) is 12.3. The van der Waals surface area contributed by atoms with Crippen LogP contribution in [0.25, 0.3) is 6.08 Å². The van der Waals surface area contributed by atoms with Crippen LogP contribution in [0.3, 0.4) is 0 Å². The zero-order valence-electron chi connectivity index (χ0n) is 17.7. The van der Waals surface area contributed by atoms with Crippen molar-refractivity contribution in [2.24, 2.45) is 0 Å². The third-order valence-corrected chi connectivity index (χ3v) is 7.37. The van der Waals surface area contributed by atoms with Gasteiger partial charge in [0.05, 0.1) is 4.92 Å². The van der Waals surface area contributed by atoms with E-state index in [1.54, 1.807) is 30.6 Å². The Morgan fingerprint density at radius 3 is 1.93 bits per heavy atom. The molecule has 0 aliphatic heterocycles. The molecule has 0 saturated carbocycles. The van der Waals surface area contributed by atoms with E-state index in [4.69, 9.17) is 22.1 Å². The van der Waals surface area contributed by atoms with Gasteiger partial charge in [-0.15, -0.1) is 7.92 Å². The molecule has 0 radical (unpaired) electrons. The summed E-state index contributed by atoms with van der Waals surface area (Å²) < 4.78 is 0. The van der Waals surface area contributed by atoms with E-state index >= 15 is 0 Å². The number of hydrogen-bond acceptors (Lipinski definition) is 4. The minimum absolute atomic E-state index is 0.0117. The first-order chi connectivity index (χ1) is 13.9. The van der Waals surface area contributed by atoms with Crippen molar-refractivity contribution < 1.29 is 4.92 Å².